The molecule has 3 aromatic rings. The molecule has 0 saturated carbocycles. The van der Waals surface area contributed by atoms with Gasteiger partial charge in [-0.3, -0.25) is 0 Å². The van der Waals surface area contributed by atoms with Crippen molar-refractivity contribution < 1.29 is 4.52 Å². The second kappa shape index (κ2) is 6.50. The maximum absolute atomic E-state index is 5.17. The van der Waals surface area contributed by atoms with Crippen LogP contribution in [0, 0.1) is 20.8 Å². The molecule has 0 fully saturated rings. The van der Waals surface area contributed by atoms with Crippen LogP contribution in [0.25, 0.3) is 0 Å². The van der Waals surface area contributed by atoms with Crippen molar-refractivity contribution in [3.8, 4) is 0 Å². The Balaban J connectivity index is 1.64. The van der Waals surface area contributed by atoms with E-state index in [4.69, 9.17) is 4.52 Å². The molecular formula is C15H16N4OS2. The molecule has 0 atom stereocenters. The number of aryl methyl sites for hydroxylation is 3. The number of anilines is 2. The average Bonchev–Trinajstić information content (AvgIpc) is 3.05. The van der Waals surface area contributed by atoms with Gasteiger partial charge in [0, 0.05) is 17.0 Å². The highest BCUT2D eigenvalue weighted by Crippen LogP contribution is 2.31. The fourth-order valence-corrected chi connectivity index (χ4v) is 3.93. The number of rotatable bonds is 5. The summed E-state index contributed by atoms with van der Waals surface area (Å²) in [5.41, 5.74) is 4.31. The number of nitrogens with one attached hydrogen (secondary N) is 1. The van der Waals surface area contributed by atoms with Gasteiger partial charge in [0.15, 0.2) is 4.34 Å². The van der Waals surface area contributed by atoms with Crippen LogP contribution in [0.2, 0.25) is 0 Å². The summed E-state index contributed by atoms with van der Waals surface area (Å²) >= 11 is 3.19. The average molecular weight is 332 g/mol. The normalized spacial score (nSPS) is 10.9. The number of aromatic nitrogens is 3. The van der Waals surface area contributed by atoms with Crippen LogP contribution >= 0.6 is 23.1 Å². The smallest absolute Gasteiger partial charge is 0.210 e. The zero-order valence-electron chi connectivity index (χ0n) is 12.6. The van der Waals surface area contributed by atoms with E-state index in [1.54, 1.807) is 23.1 Å². The lowest BCUT2D eigenvalue weighted by Gasteiger charge is -2.01. The SMILES string of the molecule is Cc1cccc(Nc2nnc(SCc3c(C)noc3C)s2)c1. The van der Waals surface area contributed by atoms with Crippen LogP contribution in [0.15, 0.2) is 33.1 Å². The molecule has 7 heteroatoms. The minimum Gasteiger partial charge on any atom is -0.361 e. The first-order valence-electron chi connectivity index (χ1n) is 6.83. The van der Waals surface area contributed by atoms with Gasteiger partial charge < -0.3 is 9.84 Å². The number of hydrogen-bond donors (Lipinski definition) is 1. The fraction of sp³-hybridized carbons (Fsp3) is 0.267. The van der Waals surface area contributed by atoms with Gasteiger partial charge in [-0.15, -0.1) is 10.2 Å². The highest BCUT2D eigenvalue weighted by Gasteiger charge is 2.11. The quantitative estimate of drug-likeness (QED) is 0.695. The lowest BCUT2D eigenvalue weighted by molar-refractivity contribution is 0.392. The molecule has 0 unspecified atom stereocenters. The number of hydrogen-bond acceptors (Lipinski definition) is 7. The summed E-state index contributed by atoms with van der Waals surface area (Å²) in [6.07, 6.45) is 0. The van der Waals surface area contributed by atoms with E-state index >= 15 is 0 Å². The molecule has 2 aromatic heterocycles. The molecule has 22 heavy (non-hydrogen) atoms. The standard InChI is InChI=1S/C15H16N4OS2/c1-9-5-4-6-12(7-9)16-14-17-18-15(22-14)21-8-13-10(2)19-20-11(13)3/h4-7H,8H2,1-3H3,(H,16,17). The van der Waals surface area contributed by atoms with Crippen molar-refractivity contribution in [2.75, 3.05) is 5.32 Å². The largest absolute Gasteiger partial charge is 0.361 e. The van der Waals surface area contributed by atoms with Crippen LogP contribution in [0.1, 0.15) is 22.6 Å². The van der Waals surface area contributed by atoms with E-state index in [1.807, 2.05) is 26.0 Å². The zero-order valence-corrected chi connectivity index (χ0v) is 14.2. The minimum atomic E-state index is 0.792. The number of benzene rings is 1. The van der Waals surface area contributed by atoms with Gasteiger partial charge in [0.1, 0.15) is 5.76 Å². The third-order valence-corrected chi connectivity index (χ3v) is 5.20. The molecule has 5 nitrogen and oxygen atoms in total. The van der Waals surface area contributed by atoms with Gasteiger partial charge in [-0.05, 0) is 38.5 Å². The summed E-state index contributed by atoms with van der Waals surface area (Å²) in [6.45, 7) is 5.95. The van der Waals surface area contributed by atoms with Gasteiger partial charge in [-0.1, -0.05) is 40.4 Å². The Morgan fingerprint density at radius 3 is 2.82 bits per heavy atom. The molecule has 0 amide bonds. The summed E-state index contributed by atoms with van der Waals surface area (Å²) in [5.74, 6) is 1.66. The molecule has 0 saturated heterocycles. The second-order valence-electron chi connectivity index (χ2n) is 4.96. The first-order valence-corrected chi connectivity index (χ1v) is 8.64. The van der Waals surface area contributed by atoms with Crippen molar-refractivity contribution >= 4 is 33.9 Å². The highest BCUT2D eigenvalue weighted by molar-refractivity contribution is 8.00. The fourth-order valence-electron chi connectivity index (χ4n) is 2.01. The summed E-state index contributed by atoms with van der Waals surface area (Å²) in [6, 6.07) is 8.19. The topological polar surface area (TPSA) is 63.8 Å². The summed E-state index contributed by atoms with van der Waals surface area (Å²) in [4.78, 5) is 0. The van der Waals surface area contributed by atoms with Crippen LogP contribution in [-0.4, -0.2) is 15.4 Å². The Hall–Kier alpha value is -1.86. The van der Waals surface area contributed by atoms with Crippen LogP contribution in [-0.2, 0) is 5.75 Å². The van der Waals surface area contributed by atoms with Crippen molar-refractivity contribution in [1.29, 1.82) is 0 Å². The van der Waals surface area contributed by atoms with Gasteiger partial charge >= 0.3 is 0 Å². The van der Waals surface area contributed by atoms with E-state index in [9.17, 15) is 0 Å². The molecule has 0 aliphatic carbocycles. The van der Waals surface area contributed by atoms with E-state index in [0.717, 1.165) is 37.9 Å². The van der Waals surface area contributed by atoms with E-state index in [0.29, 0.717) is 0 Å². The molecule has 0 aliphatic heterocycles. The van der Waals surface area contributed by atoms with Gasteiger partial charge in [0.05, 0.1) is 5.69 Å². The third-order valence-electron chi connectivity index (χ3n) is 3.20. The molecule has 0 spiro atoms. The van der Waals surface area contributed by atoms with Crippen molar-refractivity contribution in [2.24, 2.45) is 0 Å². The first kappa shape index (κ1) is 15.1. The molecule has 0 radical (unpaired) electrons. The van der Waals surface area contributed by atoms with Crippen LogP contribution < -0.4 is 5.32 Å². The summed E-state index contributed by atoms with van der Waals surface area (Å²) in [5, 5.41) is 16.4. The van der Waals surface area contributed by atoms with E-state index in [-0.39, 0.29) is 0 Å². The Labute approximate surface area is 137 Å². The lowest BCUT2D eigenvalue weighted by atomic mass is 10.2. The molecule has 2 heterocycles. The van der Waals surface area contributed by atoms with Gasteiger partial charge in [-0.25, -0.2) is 0 Å². The molecule has 1 aromatic carbocycles. The summed E-state index contributed by atoms with van der Waals surface area (Å²) in [7, 11) is 0. The Morgan fingerprint density at radius 1 is 1.23 bits per heavy atom. The molecule has 0 aliphatic rings. The molecule has 0 bridgehead atoms. The first-order chi connectivity index (χ1) is 10.6. The third kappa shape index (κ3) is 3.48. The van der Waals surface area contributed by atoms with Crippen molar-refractivity contribution in [2.45, 2.75) is 30.9 Å². The maximum Gasteiger partial charge on any atom is 0.210 e. The number of thioether (sulfide) groups is 1. The van der Waals surface area contributed by atoms with Gasteiger partial charge in [-0.2, -0.15) is 0 Å². The van der Waals surface area contributed by atoms with Gasteiger partial charge in [0.25, 0.3) is 0 Å². The Kier molecular flexibility index (Phi) is 4.44. The zero-order chi connectivity index (χ0) is 15.5. The van der Waals surface area contributed by atoms with Crippen LogP contribution in [0.4, 0.5) is 10.8 Å². The van der Waals surface area contributed by atoms with Crippen molar-refractivity contribution in [3.05, 3.63) is 46.8 Å². The van der Waals surface area contributed by atoms with Crippen molar-refractivity contribution in [3.63, 3.8) is 0 Å². The summed E-state index contributed by atoms with van der Waals surface area (Å²) < 4.78 is 6.10. The van der Waals surface area contributed by atoms with Crippen molar-refractivity contribution in [1.82, 2.24) is 15.4 Å². The van der Waals surface area contributed by atoms with Gasteiger partial charge in [0.2, 0.25) is 5.13 Å². The van der Waals surface area contributed by atoms with E-state index < -0.39 is 0 Å². The predicted octanol–water partition coefficient (Wildman–Crippen LogP) is 4.49. The maximum atomic E-state index is 5.17. The lowest BCUT2D eigenvalue weighted by Crippen LogP contribution is -1.89. The minimum absolute atomic E-state index is 0.792. The molecule has 3 rings (SSSR count). The van der Waals surface area contributed by atoms with Crippen LogP contribution in [0.5, 0.6) is 0 Å². The van der Waals surface area contributed by atoms with Crippen LogP contribution in [0.3, 0.4) is 0 Å². The Bertz CT molecular complexity index is 762. The molecular weight excluding hydrogens is 316 g/mol. The van der Waals surface area contributed by atoms with E-state index in [2.05, 4.69) is 39.7 Å². The predicted molar refractivity (Wildman–Crippen MR) is 89.9 cm³/mol. The molecule has 114 valence electrons. The molecule has 1 N–H and O–H groups in total. The highest BCUT2D eigenvalue weighted by atomic mass is 32.2. The Morgan fingerprint density at radius 2 is 2.09 bits per heavy atom. The number of nitrogens with zero attached hydrogens (tertiary/aromatic N) is 3. The second-order valence-corrected chi connectivity index (χ2v) is 7.16. The monoisotopic (exact) mass is 332 g/mol. The van der Waals surface area contributed by atoms with E-state index in [1.165, 1.54) is 5.56 Å².